The molecule has 1 aromatic heterocycles. The monoisotopic (exact) mass is 195 g/mol. The quantitative estimate of drug-likeness (QED) is 0.692. The van der Waals surface area contributed by atoms with E-state index in [9.17, 15) is 0 Å². The molecule has 4 heteroatoms. The first-order valence-corrected chi connectivity index (χ1v) is 4.90. The first kappa shape index (κ1) is 11.1. The van der Waals surface area contributed by atoms with Crippen molar-refractivity contribution in [2.75, 3.05) is 20.3 Å². The lowest BCUT2D eigenvalue weighted by molar-refractivity contribution is 0.114. The molecule has 1 unspecified atom stereocenters. The number of hydrogen-bond donors (Lipinski definition) is 1. The standard InChI is InChI=1S/C10H17N3O/c1-3-6-14-8-10(11-2)9-4-5-12-13-7-9/h4-5,7,10-11H,3,6,8H2,1-2H3. The lowest BCUT2D eigenvalue weighted by Gasteiger charge is -2.15. The molecule has 0 saturated carbocycles. The molecule has 0 fully saturated rings. The summed E-state index contributed by atoms with van der Waals surface area (Å²) in [5, 5.41) is 10.8. The van der Waals surface area contributed by atoms with Crippen molar-refractivity contribution in [2.45, 2.75) is 19.4 Å². The normalized spacial score (nSPS) is 12.7. The van der Waals surface area contributed by atoms with E-state index in [4.69, 9.17) is 4.74 Å². The first-order chi connectivity index (χ1) is 6.88. The van der Waals surface area contributed by atoms with Gasteiger partial charge in [-0.05, 0) is 25.1 Å². The van der Waals surface area contributed by atoms with Gasteiger partial charge in [0.25, 0.3) is 0 Å². The summed E-state index contributed by atoms with van der Waals surface area (Å²) in [5.74, 6) is 0. The Bertz CT molecular complexity index is 240. The van der Waals surface area contributed by atoms with Crippen LogP contribution in [0.2, 0.25) is 0 Å². The highest BCUT2D eigenvalue weighted by Gasteiger charge is 2.08. The number of nitrogens with zero attached hydrogens (tertiary/aromatic N) is 2. The Morgan fingerprint density at radius 1 is 1.50 bits per heavy atom. The Labute approximate surface area is 84.7 Å². The molecule has 0 spiro atoms. The van der Waals surface area contributed by atoms with E-state index in [-0.39, 0.29) is 6.04 Å². The molecule has 1 atom stereocenters. The molecule has 1 heterocycles. The highest BCUT2D eigenvalue weighted by Crippen LogP contribution is 2.10. The Hall–Kier alpha value is -1.00. The summed E-state index contributed by atoms with van der Waals surface area (Å²) in [7, 11) is 1.92. The van der Waals surface area contributed by atoms with E-state index in [0.717, 1.165) is 18.6 Å². The number of hydrogen-bond acceptors (Lipinski definition) is 4. The lowest BCUT2D eigenvalue weighted by Crippen LogP contribution is -2.22. The highest BCUT2D eigenvalue weighted by molar-refractivity contribution is 5.11. The summed E-state index contributed by atoms with van der Waals surface area (Å²) in [6, 6.07) is 2.15. The Balaban J connectivity index is 2.46. The maximum absolute atomic E-state index is 5.48. The SMILES string of the molecule is CCCOCC(NC)c1ccnnc1. The van der Waals surface area contributed by atoms with Crippen LogP contribution in [0.1, 0.15) is 24.9 Å². The van der Waals surface area contributed by atoms with Crippen LogP contribution < -0.4 is 5.32 Å². The average Bonchev–Trinajstić information content (AvgIpc) is 2.26. The molecule has 0 aromatic carbocycles. The molecule has 0 aliphatic rings. The zero-order valence-electron chi connectivity index (χ0n) is 8.73. The van der Waals surface area contributed by atoms with E-state index >= 15 is 0 Å². The van der Waals surface area contributed by atoms with Gasteiger partial charge in [-0.1, -0.05) is 6.92 Å². The van der Waals surface area contributed by atoms with Crippen LogP contribution in [0.4, 0.5) is 0 Å². The number of aromatic nitrogens is 2. The Morgan fingerprint density at radius 3 is 2.93 bits per heavy atom. The second-order valence-corrected chi connectivity index (χ2v) is 3.09. The van der Waals surface area contributed by atoms with Crippen LogP contribution in [0.3, 0.4) is 0 Å². The summed E-state index contributed by atoms with van der Waals surface area (Å²) in [6.07, 6.45) is 4.50. The summed E-state index contributed by atoms with van der Waals surface area (Å²) >= 11 is 0. The number of ether oxygens (including phenoxy) is 1. The molecular formula is C10H17N3O. The van der Waals surface area contributed by atoms with E-state index in [2.05, 4.69) is 22.4 Å². The molecule has 0 radical (unpaired) electrons. The minimum Gasteiger partial charge on any atom is -0.379 e. The van der Waals surface area contributed by atoms with Gasteiger partial charge in [0, 0.05) is 12.8 Å². The lowest BCUT2D eigenvalue weighted by atomic mass is 10.1. The van der Waals surface area contributed by atoms with Gasteiger partial charge in [-0.3, -0.25) is 0 Å². The highest BCUT2D eigenvalue weighted by atomic mass is 16.5. The van der Waals surface area contributed by atoms with Gasteiger partial charge in [0.1, 0.15) is 0 Å². The van der Waals surface area contributed by atoms with Crippen molar-refractivity contribution in [1.82, 2.24) is 15.5 Å². The van der Waals surface area contributed by atoms with Gasteiger partial charge in [0.2, 0.25) is 0 Å². The smallest absolute Gasteiger partial charge is 0.0661 e. The zero-order valence-corrected chi connectivity index (χ0v) is 8.73. The second kappa shape index (κ2) is 6.45. The van der Waals surface area contributed by atoms with Gasteiger partial charge in [-0.15, -0.1) is 0 Å². The second-order valence-electron chi connectivity index (χ2n) is 3.09. The largest absolute Gasteiger partial charge is 0.379 e. The molecule has 0 amide bonds. The van der Waals surface area contributed by atoms with Crippen molar-refractivity contribution < 1.29 is 4.74 Å². The molecule has 14 heavy (non-hydrogen) atoms. The van der Waals surface area contributed by atoms with Gasteiger partial charge in [0.15, 0.2) is 0 Å². The van der Waals surface area contributed by atoms with Gasteiger partial charge in [0.05, 0.1) is 18.8 Å². The molecule has 1 rings (SSSR count). The van der Waals surface area contributed by atoms with Crippen LogP contribution in [-0.4, -0.2) is 30.5 Å². The van der Waals surface area contributed by atoms with Crippen LogP contribution in [0.25, 0.3) is 0 Å². The molecular weight excluding hydrogens is 178 g/mol. The molecule has 4 nitrogen and oxygen atoms in total. The maximum atomic E-state index is 5.48. The third kappa shape index (κ3) is 3.40. The van der Waals surface area contributed by atoms with Crippen molar-refractivity contribution in [3.05, 3.63) is 24.0 Å². The molecule has 1 N–H and O–H groups in total. The van der Waals surface area contributed by atoms with E-state index in [1.54, 1.807) is 12.4 Å². The van der Waals surface area contributed by atoms with Crippen LogP contribution in [-0.2, 0) is 4.74 Å². The Morgan fingerprint density at radius 2 is 2.36 bits per heavy atom. The van der Waals surface area contributed by atoms with Crippen molar-refractivity contribution in [2.24, 2.45) is 0 Å². The topological polar surface area (TPSA) is 47.0 Å². The fourth-order valence-electron chi connectivity index (χ4n) is 1.20. The van der Waals surface area contributed by atoms with Crippen LogP contribution in [0, 0.1) is 0 Å². The minimum absolute atomic E-state index is 0.206. The van der Waals surface area contributed by atoms with Crippen molar-refractivity contribution >= 4 is 0 Å². The van der Waals surface area contributed by atoms with Gasteiger partial charge < -0.3 is 10.1 Å². The zero-order chi connectivity index (χ0) is 10.2. The van der Waals surface area contributed by atoms with Crippen molar-refractivity contribution in [1.29, 1.82) is 0 Å². The van der Waals surface area contributed by atoms with Crippen LogP contribution in [0.5, 0.6) is 0 Å². The van der Waals surface area contributed by atoms with Gasteiger partial charge in [-0.25, -0.2) is 0 Å². The molecule has 78 valence electrons. The molecule has 1 aromatic rings. The van der Waals surface area contributed by atoms with E-state index < -0.39 is 0 Å². The molecule has 0 aliphatic carbocycles. The van der Waals surface area contributed by atoms with Crippen molar-refractivity contribution in [3.63, 3.8) is 0 Å². The minimum atomic E-state index is 0.206. The summed E-state index contributed by atoms with van der Waals surface area (Å²) in [6.45, 7) is 3.58. The summed E-state index contributed by atoms with van der Waals surface area (Å²) < 4.78 is 5.48. The Kier molecular flexibility index (Phi) is 5.11. The fraction of sp³-hybridized carbons (Fsp3) is 0.600. The first-order valence-electron chi connectivity index (χ1n) is 4.90. The summed E-state index contributed by atoms with van der Waals surface area (Å²) in [5.41, 5.74) is 1.11. The van der Waals surface area contributed by atoms with Gasteiger partial charge >= 0.3 is 0 Å². The molecule has 0 bridgehead atoms. The molecule has 0 saturated heterocycles. The van der Waals surface area contributed by atoms with E-state index in [1.807, 2.05) is 13.1 Å². The third-order valence-corrected chi connectivity index (χ3v) is 1.99. The predicted molar refractivity (Wildman–Crippen MR) is 54.9 cm³/mol. The van der Waals surface area contributed by atoms with Crippen molar-refractivity contribution in [3.8, 4) is 0 Å². The number of rotatable bonds is 6. The molecule has 0 aliphatic heterocycles. The van der Waals surface area contributed by atoms with Crippen LogP contribution >= 0.6 is 0 Å². The third-order valence-electron chi connectivity index (χ3n) is 1.99. The van der Waals surface area contributed by atoms with E-state index in [1.165, 1.54) is 0 Å². The summed E-state index contributed by atoms with van der Waals surface area (Å²) in [4.78, 5) is 0. The number of nitrogens with one attached hydrogen (secondary N) is 1. The average molecular weight is 195 g/mol. The van der Waals surface area contributed by atoms with Gasteiger partial charge in [-0.2, -0.15) is 10.2 Å². The predicted octanol–water partition coefficient (Wildman–Crippen LogP) is 1.16. The van der Waals surface area contributed by atoms with E-state index in [0.29, 0.717) is 6.61 Å². The van der Waals surface area contributed by atoms with Crippen LogP contribution in [0.15, 0.2) is 18.5 Å². The maximum Gasteiger partial charge on any atom is 0.0661 e. The fourth-order valence-corrected chi connectivity index (χ4v) is 1.20. The number of likely N-dealkylation sites (N-methyl/N-ethyl adjacent to an activating group) is 1.